The van der Waals surface area contributed by atoms with Gasteiger partial charge < -0.3 is 13.9 Å². The first kappa shape index (κ1) is 24.5. The van der Waals surface area contributed by atoms with Crippen LogP contribution in [-0.4, -0.2) is 23.9 Å². The van der Waals surface area contributed by atoms with Crippen LogP contribution in [0.1, 0.15) is 0 Å². The summed E-state index contributed by atoms with van der Waals surface area (Å²) in [5.41, 5.74) is 7.54. The van der Waals surface area contributed by atoms with Crippen LogP contribution in [0, 0.1) is 0 Å². The van der Waals surface area contributed by atoms with Crippen LogP contribution < -0.4 is 4.74 Å². The van der Waals surface area contributed by atoms with Gasteiger partial charge in [-0.3, -0.25) is 0 Å². The van der Waals surface area contributed by atoms with Crippen LogP contribution in [0.2, 0.25) is 0 Å². The normalized spacial score (nSPS) is 11.6. The van der Waals surface area contributed by atoms with Crippen molar-refractivity contribution in [2.45, 2.75) is 0 Å². The summed E-state index contributed by atoms with van der Waals surface area (Å²) >= 11 is 0. The molecule has 44 heavy (non-hydrogen) atoms. The molecule has 6 heteroatoms. The third kappa shape index (κ3) is 3.82. The number of hydrogen-bond acceptors (Lipinski definition) is 3. The molecule has 0 fully saturated rings. The second kappa shape index (κ2) is 9.71. The molecular weight excluding hydrogens is 542 g/mol. The SMILES string of the molecule is c1ccc(Oc2ccc3c4ccccc4n(-c4cccc(-n5cc(-n6c7ccccc7c7ccccc76)cn5)c4)c3c2)nc1. The molecule has 6 nitrogen and oxygen atoms in total. The Labute approximate surface area is 252 Å². The second-order valence-electron chi connectivity index (χ2n) is 10.8. The van der Waals surface area contributed by atoms with Gasteiger partial charge in [-0.2, -0.15) is 5.10 Å². The standard InChI is InChI=1S/C38H25N5O/c1-5-16-35-30(12-1)31-13-2-6-17-36(31)43(35)28-24-40-41(25-28)26-10-9-11-27(22-26)42-34-15-4-3-14-32(34)33-20-19-29(23-37(33)42)44-38-18-7-8-21-39-38/h1-25H. The Bertz CT molecular complexity index is 2430. The fourth-order valence-corrected chi connectivity index (χ4v) is 6.37. The number of para-hydroxylation sites is 3. The Morgan fingerprint density at radius 2 is 1.09 bits per heavy atom. The van der Waals surface area contributed by atoms with Crippen LogP contribution in [0.25, 0.3) is 60.7 Å². The maximum Gasteiger partial charge on any atom is 0.219 e. The summed E-state index contributed by atoms with van der Waals surface area (Å²) in [6, 6.07) is 45.9. The van der Waals surface area contributed by atoms with E-state index in [4.69, 9.17) is 9.84 Å². The fourth-order valence-electron chi connectivity index (χ4n) is 6.37. The van der Waals surface area contributed by atoms with Crippen LogP contribution in [-0.2, 0) is 0 Å². The van der Waals surface area contributed by atoms with Gasteiger partial charge in [-0.15, -0.1) is 0 Å². The highest BCUT2D eigenvalue weighted by molar-refractivity contribution is 6.10. The minimum Gasteiger partial charge on any atom is -0.439 e. The van der Waals surface area contributed by atoms with E-state index in [2.05, 4.69) is 130 Å². The summed E-state index contributed by atoms with van der Waals surface area (Å²) in [6.07, 6.45) is 5.77. The zero-order valence-electron chi connectivity index (χ0n) is 23.6. The molecule has 9 aromatic rings. The quantitative estimate of drug-likeness (QED) is 0.208. The van der Waals surface area contributed by atoms with E-state index in [1.807, 2.05) is 35.1 Å². The smallest absolute Gasteiger partial charge is 0.219 e. The summed E-state index contributed by atoms with van der Waals surface area (Å²) in [6.45, 7) is 0. The molecule has 0 aliphatic carbocycles. The van der Waals surface area contributed by atoms with E-state index in [-0.39, 0.29) is 0 Å². The molecule has 4 heterocycles. The largest absolute Gasteiger partial charge is 0.439 e. The van der Waals surface area contributed by atoms with Gasteiger partial charge in [0.2, 0.25) is 5.88 Å². The van der Waals surface area contributed by atoms with E-state index in [0.717, 1.165) is 50.3 Å². The minimum atomic E-state index is 0.564. The predicted octanol–water partition coefficient (Wildman–Crippen LogP) is 9.25. The van der Waals surface area contributed by atoms with Gasteiger partial charge in [-0.05, 0) is 54.6 Å². The zero-order valence-corrected chi connectivity index (χ0v) is 23.6. The lowest BCUT2D eigenvalue weighted by molar-refractivity contribution is 0.463. The highest BCUT2D eigenvalue weighted by Gasteiger charge is 2.16. The van der Waals surface area contributed by atoms with Crippen LogP contribution in [0.4, 0.5) is 0 Å². The number of pyridine rings is 1. The topological polar surface area (TPSA) is 49.8 Å². The van der Waals surface area contributed by atoms with Crippen LogP contribution in [0.5, 0.6) is 11.6 Å². The molecule has 0 bridgehead atoms. The third-order valence-electron chi connectivity index (χ3n) is 8.27. The van der Waals surface area contributed by atoms with Gasteiger partial charge in [0.05, 0.1) is 45.8 Å². The van der Waals surface area contributed by atoms with Crippen molar-refractivity contribution in [3.8, 4) is 28.7 Å². The Kier molecular flexibility index (Phi) is 5.40. The van der Waals surface area contributed by atoms with Crippen molar-refractivity contribution in [2.75, 3.05) is 0 Å². The first-order valence-corrected chi connectivity index (χ1v) is 14.6. The minimum absolute atomic E-state index is 0.564. The molecule has 0 aliphatic heterocycles. The van der Waals surface area contributed by atoms with Gasteiger partial charge in [-0.1, -0.05) is 66.7 Å². The molecule has 0 unspecified atom stereocenters. The van der Waals surface area contributed by atoms with Crippen LogP contribution in [0.15, 0.2) is 152 Å². The van der Waals surface area contributed by atoms with Gasteiger partial charge in [0, 0.05) is 45.6 Å². The molecule has 208 valence electrons. The van der Waals surface area contributed by atoms with Crippen molar-refractivity contribution < 1.29 is 4.74 Å². The summed E-state index contributed by atoms with van der Waals surface area (Å²) in [5.74, 6) is 1.30. The van der Waals surface area contributed by atoms with E-state index in [9.17, 15) is 0 Å². The van der Waals surface area contributed by atoms with E-state index < -0.39 is 0 Å². The first-order valence-electron chi connectivity index (χ1n) is 14.6. The van der Waals surface area contributed by atoms with E-state index in [1.165, 1.54) is 16.2 Å². The Hall–Kier alpha value is -6.14. The first-order chi connectivity index (χ1) is 21.8. The molecule has 0 amide bonds. The number of aromatic nitrogens is 5. The Morgan fingerprint density at radius 1 is 0.477 bits per heavy atom. The predicted molar refractivity (Wildman–Crippen MR) is 177 cm³/mol. The average molecular weight is 568 g/mol. The highest BCUT2D eigenvalue weighted by atomic mass is 16.5. The number of ether oxygens (including phenoxy) is 1. The lowest BCUT2D eigenvalue weighted by Crippen LogP contribution is -1.99. The molecule has 0 N–H and O–H groups in total. The number of benzene rings is 5. The maximum atomic E-state index is 6.12. The zero-order chi connectivity index (χ0) is 29.0. The molecule has 0 spiro atoms. The Morgan fingerprint density at radius 3 is 1.77 bits per heavy atom. The van der Waals surface area contributed by atoms with Crippen molar-refractivity contribution in [2.24, 2.45) is 0 Å². The molecular formula is C38H25N5O. The van der Waals surface area contributed by atoms with Crippen LogP contribution >= 0.6 is 0 Å². The highest BCUT2D eigenvalue weighted by Crippen LogP contribution is 2.36. The molecule has 0 saturated heterocycles. The second-order valence-corrected chi connectivity index (χ2v) is 10.8. The van der Waals surface area contributed by atoms with Crippen molar-refractivity contribution in [3.05, 3.63) is 152 Å². The van der Waals surface area contributed by atoms with Gasteiger partial charge in [0.25, 0.3) is 0 Å². The maximum absolute atomic E-state index is 6.12. The van der Waals surface area contributed by atoms with E-state index >= 15 is 0 Å². The number of fused-ring (bicyclic) bond motifs is 6. The summed E-state index contributed by atoms with van der Waals surface area (Å²) in [5, 5.41) is 9.63. The number of nitrogens with zero attached hydrogens (tertiary/aromatic N) is 5. The fraction of sp³-hybridized carbons (Fsp3) is 0. The van der Waals surface area contributed by atoms with Gasteiger partial charge >= 0.3 is 0 Å². The van der Waals surface area contributed by atoms with E-state index in [0.29, 0.717) is 5.88 Å². The lowest BCUT2D eigenvalue weighted by atomic mass is 10.1. The van der Waals surface area contributed by atoms with Gasteiger partial charge in [-0.25, -0.2) is 9.67 Å². The molecule has 0 radical (unpaired) electrons. The molecule has 0 aliphatic rings. The summed E-state index contributed by atoms with van der Waals surface area (Å²) < 4.78 is 12.6. The monoisotopic (exact) mass is 567 g/mol. The van der Waals surface area contributed by atoms with E-state index in [1.54, 1.807) is 6.20 Å². The van der Waals surface area contributed by atoms with Crippen molar-refractivity contribution in [1.29, 1.82) is 0 Å². The van der Waals surface area contributed by atoms with Gasteiger partial charge in [0.15, 0.2) is 0 Å². The van der Waals surface area contributed by atoms with Crippen LogP contribution in [0.3, 0.4) is 0 Å². The number of hydrogen-bond donors (Lipinski definition) is 0. The average Bonchev–Trinajstić information content (AvgIpc) is 3.78. The molecule has 0 saturated carbocycles. The van der Waals surface area contributed by atoms with Crippen molar-refractivity contribution in [1.82, 2.24) is 23.9 Å². The lowest BCUT2D eigenvalue weighted by Gasteiger charge is -2.11. The molecule has 9 rings (SSSR count). The summed E-state index contributed by atoms with van der Waals surface area (Å²) in [4.78, 5) is 4.34. The van der Waals surface area contributed by atoms with Crippen molar-refractivity contribution in [3.63, 3.8) is 0 Å². The Balaban J connectivity index is 1.17. The van der Waals surface area contributed by atoms with Gasteiger partial charge in [0.1, 0.15) is 5.75 Å². The molecule has 0 atom stereocenters. The third-order valence-corrected chi connectivity index (χ3v) is 8.27. The van der Waals surface area contributed by atoms with Crippen molar-refractivity contribution >= 4 is 43.6 Å². The molecule has 4 aromatic heterocycles. The molecule has 5 aromatic carbocycles. The number of rotatable bonds is 5. The summed E-state index contributed by atoms with van der Waals surface area (Å²) in [7, 11) is 0.